The quantitative estimate of drug-likeness (QED) is 0.641. The van der Waals surface area contributed by atoms with Crippen molar-refractivity contribution in [3.05, 3.63) is 12.3 Å². The number of likely N-dealkylation sites (tertiary alicyclic amines) is 1. The van der Waals surface area contributed by atoms with E-state index in [1.165, 1.54) is 4.90 Å². The van der Waals surface area contributed by atoms with Gasteiger partial charge in [0.05, 0.1) is 12.6 Å². The minimum absolute atomic E-state index is 0.0763. The Balaban J connectivity index is 2.59. The molecule has 1 rings (SSSR count). The Morgan fingerprint density at radius 3 is 3.00 bits per heavy atom. The summed E-state index contributed by atoms with van der Waals surface area (Å²) in [4.78, 5) is 14.0. The van der Waals surface area contributed by atoms with Crippen molar-refractivity contribution in [2.75, 3.05) is 20.1 Å². The number of rotatable bonds is 4. The molecule has 1 aliphatic rings. The standard InChI is InChI=1S/C11H17N3O/c1-9-4-11(5-12)14(6-9)10(2)7-13(3)8-15/h8-9,11H,2,4,6-7H2,1,3H3. The smallest absolute Gasteiger partial charge is 0.209 e. The molecular formula is C11H17N3O. The maximum absolute atomic E-state index is 10.5. The SMILES string of the molecule is C=C(CN(C)C=O)N1CC(C)CC1C#N. The second-order valence-corrected chi connectivity index (χ2v) is 4.22. The van der Waals surface area contributed by atoms with E-state index in [1.807, 2.05) is 4.90 Å². The van der Waals surface area contributed by atoms with Crippen molar-refractivity contribution < 1.29 is 4.79 Å². The van der Waals surface area contributed by atoms with Crippen molar-refractivity contribution in [1.82, 2.24) is 9.80 Å². The van der Waals surface area contributed by atoms with E-state index in [-0.39, 0.29) is 6.04 Å². The molecule has 15 heavy (non-hydrogen) atoms. The van der Waals surface area contributed by atoms with Gasteiger partial charge in [-0.2, -0.15) is 5.26 Å². The van der Waals surface area contributed by atoms with Crippen molar-refractivity contribution >= 4 is 6.41 Å². The van der Waals surface area contributed by atoms with Crippen LogP contribution in [0.4, 0.5) is 0 Å². The van der Waals surface area contributed by atoms with Crippen LogP contribution in [0.5, 0.6) is 0 Å². The Kier molecular flexibility index (Phi) is 3.73. The van der Waals surface area contributed by atoms with Gasteiger partial charge in [-0.1, -0.05) is 13.5 Å². The number of hydrogen-bond donors (Lipinski definition) is 0. The van der Waals surface area contributed by atoms with Crippen molar-refractivity contribution in [3.8, 4) is 6.07 Å². The van der Waals surface area contributed by atoms with Crippen molar-refractivity contribution in [2.45, 2.75) is 19.4 Å². The maximum Gasteiger partial charge on any atom is 0.209 e. The third-order valence-corrected chi connectivity index (χ3v) is 2.68. The van der Waals surface area contributed by atoms with Crippen molar-refractivity contribution in [2.24, 2.45) is 5.92 Å². The normalized spacial score (nSPS) is 24.7. The first-order valence-electron chi connectivity index (χ1n) is 5.08. The summed E-state index contributed by atoms with van der Waals surface area (Å²) in [5.41, 5.74) is 0.848. The van der Waals surface area contributed by atoms with E-state index in [9.17, 15) is 4.79 Å². The molecule has 0 radical (unpaired) electrons. The fraction of sp³-hybridized carbons (Fsp3) is 0.636. The molecule has 1 saturated heterocycles. The van der Waals surface area contributed by atoms with Crippen LogP contribution >= 0.6 is 0 Å². The number of hydrogen-bond acceptors (Lipinski definition) is 3. The van der Waals surface area contributed by atoms with Gasteiger partial charge in [0.25, 0.3) is 0 Å². The van der Waals surface area contributed by atoms with Gasteiger partial charge in [-0.05, 0) is 12.3 Å². The molecule has 2 atom stereocenters. The van der Waals surface area contributed by atoms with E-state index in [0.717, 1.165) is 25.1 Å². The Labute approximate surface area is 90.8 Å². The summed E-state index contributed by atoms with van der Waals surface area (Å²) in [7, 11) is 1.71. The summed E-state index contributed by atoms with van der Waals surface area (Å²) in [6.45, 7) is 7.42. The lowest BCUT2D eigenvalue weighted by molar-refractivity contribution is -0.116. The van der Waals surface area contributed by atoms with Crippen LogP contribution in [0, 0.1) is 17.2 Å². The summed E-state index contributed by atoms with van der Waals surface area (Å²) >= 11 is 0. The molecule has 4 nitrogen and oxygen atoms in total. The average Bonchev–Trinajstić information content (AvgIpc) is 2.59. The van der Waals surface area contributed by atoms with Crippen LogP contribution in [0.2, 0.25) is 0 Å². The first-order valence-corrected chi connectivity index (χ1v) is 5.08. The summed E-state index contributed by atoms with van der Waals surface area (Å²) in [6, 6.07) is 2.20. The van der Waals surface area contributed by atoms with Gasteiger partial charge >= 0.3 is 0 Å². The van der Waals surface area contributed by atoms with Crippen LogP contribution in [-0.2, 0) is 4.79 Å². The van der Waals surface area contributed by atoms with E-state index in [2.05, 4.69) is 19.6 Å². The van der Waals surface area contributed by atoms with Crippen LogP contribution < -0.4 is 0 Å². The number of carbonyl (C=O) groups is 1. The highest BCUT2D eigenvalue weighted by Gasteiger charge is 2.30. The minimum atomic E-state index is -0.0763. The number of nitriles is 1. The Morgan fingerprint density at radius 1 is 1.80 bits per heavy atom. The van der Waals surface area contributed by atoms with Crippen molar-refractivity contribution in [1.29, 1.82) is 5.26 Å². The second-order valence-electron chi connectivity index (χ2n) is 4.22. The van der Waals surface area contributed by atoms with E-state index in [0.29, 0.717) is 12.5 Å². The zero-order chi connectivity index (χ0) is 11.4. The van der Waals surface area contributed by atoms with Gasteiger partial charge in [0.2, 0.25) is 6.41 Å². The molecule has 2 unspecified atom stereocenters. The van der Waals surface area contributed by atoms with Crippen molar-refractivity contribution in [3.63, 3.8) is 0 Å². The minimum Gasteiger partial charge on any atom is -0.358 e. The van der Waals surface area contributed by atoms with Gasteiger partial charge in [-0.25, -0.2) is 0 Å². The lowest BCUT2D eigenvalue weighted by Gasteiger charge is -2.26. The summed E-state index contributed by atoms with van der Waals surface area (Å²) < 4.78 is 0. The number of nitrogens with zero attached hydrogens (tertiary/aromatic N) is 3. The fourth-order valence-corrected chi connectivity index (χ4v) is 1.93. The maximum atomic E-state index is 10.5. The van der Waals surface area contributed by atoms with Gasteiger partial charge in [0.1, 0.15) is 6.04 Å². The molecule has 0 aromatic rings. The van der Waals surface area contributed by atoms with Crippen LogP contribution in [0.3, 0.4) is 0 Å². The molecule has 4 heteroatoms. The van der Waals surface area contributed by atoms with Crippen LogP contribution in [0.15, 0.2) is 12.3 Å². The Morgan fingerprint density at radius 2 is 2.47 bits per heavy atom. The van der Waals surface area contributed by atoms with Gasteiger partial charge < -0.3 is 9.80 Å². The third kappa shape index (κ3) is 2.72. The van der Waals surface area contributed by atoms with Gasteiger partial charge in [0, 0.05) is 19.3 Å². The predicted octanol–water partition coefficient (Wildman–Crippen LogP) is 0.822. The van der Waals surface area contributed by atoms with Crippen LogP contribution in [0.1, 0.15) is 13.3 Å². The molecule has 0 N–H and O–H groups in total. The summed E-state index contributed by atoms with van der Waals surface area (Å²) in [6.07, 6.45) is 1.66. The molecule has 1 aliphatic heterocycles. The molecule has 0 aliphatic carbocycles. The highest BCUT2D eigenvalue weighted by Crippen LogP contribution is 2.25. The van der Waals surface area contributed by atoms with E-state index in [4.69, 9.17) is 5.26 Å². The molecular weight excluding hydrogens is 190 g/mol. The average molecular weight is 207 g/mol. The number of carbonyl (C=O) groups excluding carboxylic acids is 1. The zero-order valence-electron chi connectivity index (χ0n) is 9.31. The Hall–Kier alpha value is -1.50. The van der Waals surface area contributed by atoms with Gasteiger partial charge in [-0.15, -0.1) is 0 Å². The molecule has 1 heterocycles. The highest BCUT2D eigenvalue weighted by molar-refractivity contribution is 5.47. The Bertz CT molecular complexity index is 295. The van der Waals surface area contributed by atoms with E-state index in [1.54, 1.807) is 7.05 Å². The van der Waals surface area contributed by atoms with E-state index >= 15 is 0 Å². The molecule has 0 saturated carbocycles. The first kappa shape index (κ1) is 11.6. The summed E-state index contributed by atoms with van der Waals surface area (Å²) in [5.74, 6) is 0.521. The lowest BCUT2D eigenvalue weighted by atomic mass is 10.1. The highest BCUT2D eigenvalue weighted by atomic mass is 16.1. The van der Waals surface area contributed by atoms with E-state index < -0.39 is 0 Å². The largest absolute Gasteiger partial charge is 0.358 e. The molecule has 0 spiro atoms. The molecule has 1 fully saturated rings. The molecule has 82 valence electrons. The van der Waals surface area contributed by atoms with Crippen LogP contribution in [-0.4, -0.2) is 42.4 Å². The van der Waals surface area contributed by atoms with Gasteiger partial charge in [-0.3, -0.25) is 4.79 Å². The molecule has 0 aromatic carbocycles. The third-order valence-electron chi connectivity index (χ3n) is 2.68. The lowest BCUT2D eigenvalue weighted by Crippen LogP contribution is -2.33. The number of likely N-dealkylation sites (N-methyl/N-ethyl adjacent to an activating group) is 1. The number of amides is 1. The first-order chi connectivity index (χ1) is 7.08. The predicted molar refractivity (Wildman–Crippen MR) is 57.7 cm³/mol. The summed E-state index contributed by atoms with van der Waals surface area (Å²) in [5, 5.41) is 8.98. The zero-order valence-corrected chi connectivity index (χ0v) is 9.31. The topological polar surface area (TPSA) is 47.3 Å². The monoisotopic (exact) mass is 207 g/mol. The second kappa shape index (κ2) is 4.83. The molecule has 0 aromatic heterocycles. The van der Waals surface area contributed by atoms with Gasteiger partial charge in [0.15, 0.2) is 0 Å². The molecule has 1 amide bonds. The molecule has 0 bridgehead atoms. The van der Waals surface area contributed by atoms with Crippen LogP contribution in [0.25, 0.3) is 0 Å². The fourth-order valence-electron chi connectivity index (χ4n) is 1.93.